The zero-order chi connectivity index (χ0) is 34.9. The van der Waals surface area contributed by atoms with Crippen LogP contribution in [0, 0.1) is 64.1 Å². The van der Waals surface area contributed by atoms with Crippen molar-refractivity contribution < 1.29 is 51.0 Å². The average Bonchev–Trinajstić information content (AvgIpc) is 3.76. The van der Waals surface area contributed by atoms with E-state index in [0.717, 1.165) is 47.3 Å². The summed E-state index contributed by atoms with van der Waals surface area (Å²) >= 11 is 0. The molecule has 3 atom stereocenters. The van der Waals surface area contributed by atoms with E-state index < -0.39 is 0 Å². The molecule has 0 saturated heterocycles. The third-order valence-electron chi connectivity index (χ3n) is 19.1. The number of benzene rings is 2. The van der Waals surface area contributed by atoms with E-state index in [9.17, 15) is 0 Å². The smallest absolute Gasteiger partial charge is 1.00 e. The molecule has 9 fully saturated rings. The van der Waals surface area contributed by atoms with Gasteiger partial charge in [-0.3, -0.25) is 0 Å². The second-order valence-corrected chi connectivity index (χ2v) is 23.1. The summed E-state index contributed by atoms with van der Waals surface area (Å²) in [5, 5.41) is 0. The van der Waals surface area contributed by atoms with E-state index in [1.54, 1.807) is 39.0 Å². The van der Waals surface area contributed by atoms with E-state index in [1.165, 1.54) is 109 Å². The molecule has 2 aromatic rings. The minimum absolute atomic E-state index is 0. The minimum Gasteiger partial charge on any atom is -1.00 e. The van der Waals surface area contributed by atoms with Gasteiger partial charge in [-0.05, 0) is 205 Å². The maximum atomic E-state index is 2.87. The number of halogens is 2. The van der Waals surface area contributed by atoms with Crippen molar-refractivity contribution in [2.24, 2.45) is 64.1 Å². The van der Waals surface area contributed by atoms with Gasteiger partial charge in [-0.25, -0.2) is 0 Å². The van der Waals surface area contributed by atoms with E-state index >= 15 is 0 Å². The van der Waals surface area contributed by atoms with Gasteiger partial charge in [0, 0.05) is 11.3 Å². The molecule has 0 aromatic heterocycles. The predicted octanol–water partition coefficient (Wildman–Crippen LogP) is 7.88. The Bertz CT molecular complexity index is 1770. The normalized spacial score (nSPS) is 42.3. The number of fused-ring (bicyclic) bond motifs is 5. The Hall–Kier alpha value is -0.617. The number of hydrogen-bond donors (Lipinski definition) is 0. The third kappa shape index (κ3) is 5.48. The second-order valence-electron chi connectivity index (χ2n) is 23.1. The second kappa shape index (κ2) is 13.4. The summed E-state index contributed by atoms with van der Waals surface area (Å²) in [5.74, 6) is 8.58. The maximum Gasteiger partial charge on any atom is 2.00 e. The molecule has 8 bridgehead atoms. The van der Waals surface area contributed by atoms with Crippen molar-refractivity contribution in [3.63, 3.8) is 0 Å². The standard InChI is InChI=1S/C52H66.2ClH.Zr/c1-30(2)52(46-9-7-6-8-40(46)45-22-39(23-47(45)52)49(3,4)5)48-41-12-10-37(50-24-31-14-32(25-50)16-33(15-31)26-50)20-43(41)44-21-38(11-13-42(44)48)51-27-34-17-35(28-51)19-36(18-34)29-51;;;/h10-13,20-21,23,30-36,40,46,48H,6-9,14-19,22,24-29H2,1-5H3;2*1H;/q;;;+2/p-2. The molecule has 12 aliphatic carbocycles. The molecule has 0 N–H and O–H groups in total. The fraction of sp³-hybridized carbons (Fsp3) is 0.692. The van der Waals surface area contributed by atoms with Gasteiger partial charge in [0.2, 0.25) is 0 Å². The van der Waals surface area contributed by atoms with Crippen LogP contribution in [0.2, 0.25) is 0 Å². The Kier molecular flexibility index (Phi) is 9.73. The Morgan fingerprint density at radius 3 is 1.47 bits per heavy atom. The van der Waals surface area contributed by atoms with E-state index in [4.69, 9.17) is 0 Å². The third-order valence-corrected chi connectivity index (χ3v) is 19.1. The van der Waals surface area contributed by atoms with Gasteiger partial charge in [-0.1, -0.05) is 101 Å². The Morgan fingerprint density at radius 1 is 0.618 bits per heavy atom. The van der Waals surface area contributed by atoms with Crippen molar-refractivity contribution in [3.05, 3.63) is 81.4 Å². The van der Waals surface area contributed by atoms with Gasteiger partial charge in [0.15, 0.2) is 0 Å². The molecule has 292 valence electrons. The Balaban J connectivity index is 0.00000132. The van der Waals surface area contributed by atoms with Crippen LogP contribution < -0.4 is 24.8 Å². The summed E-state index contributed by atoms with van der Waals surface area (Å²) in [7, 11) is 0. The summed E-state index contributed by atoms with van der Waals surface area (Å²) < 4.78 is 0. The van der Waals surface area contributed by atoms with Crippen LogP contribution >= 0.6 is 0 Å². The first-order valence-electron chi connectivity index (χ1n) is 22.8. The molecule has 0 radical (unpaired) electrons. The zero-order valence-electron chi connectivity index (χ0n) is 34.6. The molecule has 0 aliphatic heterocycles. The van der Waals surface area contributed by atoms with E-state index in [-0.39, 0.29) is 61.8 Å². The molecule has 14 rings (SSSR count). The van der Waals surface area contributed by atoms with Crippen LogP contribution in [0.5, 0.6) is 0 Å². The van der Waals surface area contributed by atoms with Crippen LogP contribution in [0.15, 0.2) is 59.2 Å². The number of hydrogen-bond acceptors (Lipinski definition) is 0. The largest absolute Gasteiger partial charge is 2.00 e. The molecule has 9 saturated carbocycles. The van der Waals surface area contributed by atoms with Crippen LogP contribution in [0.25, 0.3) is 11.1 Å². The van der Waals surface area contributed by atoms with Crippen LogP contribution in [0.1, 0.15) is 172 Å². The SMILES string of the molecule is CC(C)C1(C2c3ccc(C45CC6CC(CC(C6)C4)C5)cc3-c3cc(C45CC6CC(CC(C6)C4)C5)ccc32)C2=C(CC(C(C)(C)C)=C2)C2CCCCC21.[Cl-].[Cl-].[Zr+2]. The number of allylic oxidation sites excluding steroid dienone is 4. The minimum atomic E-state index is 0. The van der Waals surface area contributed by atoms with Gasteiger partial charge in [-0.2, -0.15) is 0 Å². The molecular weight excluding hydrogens is 787 g/mol. The van der Waals surface area contributed by atoms with Crippen LogP contribution in [0.4, 0.5) is 0 Å². The van der Waals surface area contributed by atoms with E-state index in [1.807, 2.05) is 11.1 Å². The van der Waals surface area contributed by atoms with Crippen molar-refractivity contribution in [1.29, 1.82) is 0 Å². The first-order valence-corrected chi connectivity index (χ1v) is 22.8. The molecule has 3 unspecified atom stereocenters. The van der Waals surface area contributed by atoms with Crippen molar-refractivity contribution in [1.82, 2.24) is 0 Å². The topological polar surface area (TPSA) is 0 Å². The van der Waals surface area contributed by atoms with Gasteiger partial charge in [-0.15, -0.1) is 0 Å². The maximum absolute atomic E-state index is 2.87. The molecule has 0 heterocycles. The van der Waals surface area contributed by atoms with Crippen LogP contribution in [-0.2, 0) is 37.0 Å². The van der Waals surface area contributed by atoms with Crippen LogP contribution in [-0.4, -0.2) is 0 Å². The van der Waals surface area contributed by atoms with Crippen LogP contribution in [0.3, 0.4) is 0 Å². The summed E-state index contributed by atoms with van der Waals surface area (Å²) in [6.07, 6.45) is 27.8. The van der Waals surface area contributed by atoms with Gasteiger partial charge >= 0.3 is 26.2 Å². The zero-order valence-corrected chi connectivity index (χ0v) is 38.6. The average molecular weight is 853 g/mol. The molecule has 55 heavy (non-hydrogen) atoms. The molecule has 12 aliphatic rings. The monoisotopic (exact) mass is 850 g/mol. The van der Waals surface area contributed by atoms with E-state index in [0.29, 0.717) is 22.7 Å². The molecule has 2 aromatic carbocycles. The van der Waals surface area contributed by atoms with Crippen molar-refractivity contribution in [2.75, 3.05) is 0 Å². The first kappa shape index (κ1) is 39.8. The number of rotatable bonds is 4. The first-order chi connectivity index (χ1) is 25.0. The predicted molar refractivity (Wildman–Crippen MR) is 215 cm³/mol. The van der Waals surface area contributed by atoms with Crippen molar-refractivity contribution in [3.8, 4) is 11.1 Å². The van der Waals surface area contributed by atoms with Gasteiger partial charge in [0.05, 0.1) is 0 Å². The van der Waals surface area contributed by atoms with Gasteiger partial charge in [0.1, 0.15) is 0 Å². The van der Waals surface area contributed by atoms with Gasteiger partial charge < -0.3 is 24.8 Å². The fourth-order valence-corrected chi connectivity index (χ4v) is 17.9. The summed E-state index contributed by atoms with van der Waals surface area (Å²) in [4.78, 5) is 0. The molecule has 0 nitrogen and oxygen atoms in total. The fourth-order valence-electron chi connectivity index (χ4n) is 17.9. The quantitative estimate of drug-likeness (QED) is 0.294. The summed E-state index contributed by atoms with van der Waals surface area (Å²) in [6, 6.07) is 16.7. The van der Waals surface area contributed by atoms with Crippen molar-refractivity contribution >= 4 is 0 Å². The van der Waals surface area contributed by atoms with E-state index in [2.05, 4.69) is 77.1 Å². The summed E-state index contributed by atoms with van der Waals surface area (Å²) in [5.41, 5.74) is 17.0. The molecule has 0 amide bonds. The Morgan fingerprint density at radius 2 is 1.05 bits per heavy atom. The molecule has 0 spiro atoms. The molecule has 3 heteroatoms. The van der Waals surface area contributed by atoms with Crippen molar-refractivity contribution in [2.45, 2.75) is 161 Å². The van der Waals surface area contributed by atoms with Gasteiger partial charge in [0.25, 0.3) is 0 Å². The molecular formula is C52H66Cl2Zr. The summed E-state index contributed by atoms with van der Waals surface area (Å²) in [6.45, 7) is 12.7. The Labute approximate surface area is 365 Å².